The Morgan fingerprint density at radius 1 is 0.897 bits per heavy atom. The number of nitrogens with zero attached hydrogens (tertiary/aromatic N) is 2. The van der Waals surface area contributed by atoms with Crippen LogP contribution in [0, 0.1) is 0 Å². The lowest BCUT2D eigenvalue weighted by molar-refractivity contribution is -0.140. The van der Waals surface area contributed by atoms with Gasteiger partial charge in [-0.15, -0.1) is 0 Å². The molecule has 0 aromatic heterocycles. The highest BCUT2D eigenvalue weighted by Gasteiger charge is 2.34. The van der Waals surface area contributed by atoms with Crippen molar-refractivity contribution >= 4 is 50.7 Å². The van der Waals surface area contributed by atoms with Crippen molar-refractivity contribution in [2.24, 2.45) is 0 Å². The van der Waals surface area contributed by atoms with Crippen LogP contribution < -0.4 is 9.62 Å². The van der Waals surface area contributed by atoms with Gasteiger partial charge in [0.2, 0.25) is 21.8 Å². The zero-order chi connectivity index (χ0) is 28.8. The van der Waals surface area contributed by atoms with E-state index in [1.165, 1.54) is 23.1 Å². The van der Waals surface area contributed by atoms with Crippen molar-refractivity contribution in [1.29, 1.82) is 0 Å². The highest BCUT2D eigenvalue weighted by molar-refractivity contribution is 7.92. The van der Waals surface area contributed by atoms with E-state index in [0.717, 1.165) is 21.7 Å². The summed E-state index contributed by atoms with van der Waals surface area (Å²) in [6, 6.07) is 22.1. The van der Waals surface area contributed by atoms with E-state index in [9.17, 15) is 18.0 Å². The molecule has 1 unspecified atom stereocenters. The molecule has 0 aliphatic carbocycles. The average Bonchev–Trinajstić information content (AvgIpc) is 2.84. The zero-order valence-corrected chi connectivity index (χ0v) is 24.7. The van der Waals surface area contributed by atoms with Crippen molar-refractivity contribution in [2.45, 2.75) is 45.3 Å². The molecule has 0 aliphatic rings. The molecule has 2 amide bonds. The summed E-state index contributed by atoms with van der Waals surface area (Å²) in [4.78, 5) is 29.1. The van der Waals surface area contributed by atoms with Gasteiger partial charge in [0.05, 0.1) is 17.0 Å². The van der Waals surface area contributed by atoms with Gasteiger partial charge in [0.1, 0.15) is 12.6 Å². The monoisotopic (exact) mass is 589 g/mol. The van der Waals surface area contributed by atoms with Crippen LogP contribution >= 0.6 is 23.2 Å². The van der Waals surface area contributed by atoms with Gasteiger partial charge in [0.25, 0.3) is 0 Å². The summed E-state index contributed by atoms with van der Waals surface area (Å²) in [6.07, 6.45) is 1.24. The average molecular weight is 591 g/mol. The van der Waals surface area contributed by atoms with Crippen LogP contribution in [0.2, 0.25) is 10.0 Å². The largest absolute Gasteiger partial charge is 0.350 e. The van der Waals surface area contributed by atoms with E-state index >= 15 is 0 Å². The zero-order valence-electron chi connectivity index (χ0n) is 22.4. The number of anilines is 1. The Kier molecular flexibility index (Phi) is 10.0. The number of carbonyl (C=O) groups excluding carboxylic acids is 2. The molecule has 3 aromatic carbocycles. The van der Waals surface area contributed by atoms with Crippen LogP contribution in [-0.4, -0.2) is 49.5 Å². The molecule has 7 nitrogen and oxygen atoms in total. The molecule has 0 fully saturated rings. The lowest BCUT2D eigenvalue weighted by atomic mass is 10.0. The SMILES string of the molecule is CC(C)(C)NC(=O)C(Cc1ccccc1)N(Cc1ccccc1)C(=O)CN(c1ccc(Cl)cc1Cl)S(C)(=O)=O. The number of benzene rings is 3. The van der Waals surface area contributed by atoms with Gasteiger partial charge in [-0.2, -0.15) is 0 Å². The quantitative estimate of drug-likeness (QED) is 0.347. The van der Waals surface area contributed by atoms with Crippen molar-refractivity contribution < 1.29 is 18.0 Å². The third-order valence-electron chi connectivity index (χ3n) is 5.82. The van der Waals surface area contributed by atoms with Gasteiger partial charge < -0.3 is 10.2 Å². The molecular formula is C29H33Cl2N3O4S. The van der Waals surface area contributed by atoms with Gasteiger partial charge in [-0.3, -0.25) is 13.9 Å². The van der Waals surface area contributed by atoms with Crippen LogP contribution in [0.1, 0.15) is 31.9 Å². The summed E-state index contributed by atoms with van der Waals surface area (Å²) in [6.45, 7) is 5.13. The first kappa shape index (κ1) is 30.5. The van der Waals surface area contributed by atoms with E-state index < -0.39 is 34.1 Å². The van der Waals surface area contributed by atoms with Crippen molar-refractivity contribution in [3.8, 4) is 0 Å². The van der Waals surface area contributed by atoms with Gasteiger partial charge in [-0.1, -0.05) is 83.9 Å². The van der Waals surface area contributed by atoms with Crippen molar-refractivity contribution in [1.82, 2.24) is 10.2 Å². The highest BCUT2D eigenvalue weighted by atomic mass is 35.5. The third kappa shape index (κ3) is 8.98. The summed E-state index contributed by atoms with van der Waals surface area (Å²) in [5.74, 6) is -0.897. The fourth-order valence-electron chi connectivity index (χ4n) is 4.07. The second-order valence-electron chi connectivity index (χ2n) is 10.3. The summed E-state index contributed by atoms with van der Waals surface area (Å²) in [5.41, 5.74) is 1.22. The summed E-state index contributed by atoms with van der Waals surface area (Å²) >= 11 is 12.4. The van der Waals surface area contributed by atoms with E-state index in [1.807, 2.05) is 81.4 Å². The van der Waals surface area contributed by atoms with Crippen LogP contribution in [0.5, 0.6) is 0 Å². The minimum Gasteiger partial charge on any atom is -0.350 e. The van der Waals surface area contributed by atoms with Gasteiger partial charge in [0, 0.05) is 23.5 Å². The van der Waals surface area contributed by atoms with E-state index in [4.69, 9.17) is 23.2 Å². The van der Waals surface area contributed by atoms with Crippen LogP contribution in [0.4, 0.5) is 5.69 Å². The Labute approximate surface area is 240 Å². The van der Waals surface area contributed by atoms with E-state index in [2.05, 4.69) is 5.32 Å². The van der Waals surface area contributed by atoms with Crippen LogP contribution in [0.25, 0.3) is 0 Å². The Morgan fingerprint density at radius 2 is 1.46 bits per heavy atom. The molecule has 1 atom stereocenters. The van der Waals surface area contributed by atoms with Crippen molar-refractivity contribution in [3.63, 3.8) is 0 Å². The fraction of sp³-hybridized carbons (Fsp3) is 0.310. The number of amides is 2. The predicted molar refractivity (Wildman–Crippen MR) is 157 cm³/mol. The first-order chi connectivity index (χ1) is 18.2. The maximum atomic E-state index is 14.0. The lowest BCUT2D eigenvalue weighted by Crippen LogP contribution is -2.56. The number of rotatable bonds is 10. The number of nitrogens with one attached hydrogen (secondary N) is 1. The summed E-state index contributed by atoms with van der Waals surface area (Å²) in [5, 5.41) is 3.41. The number of hydrogen-bond donors (Lipinski definition) is 1. The maximum Gasteiger partial charge on any atom is 0.244 e. The van der Waals surface area contributed by atoms with Crippen molar-refractivity contribution in [2.75, 3.05) is 17.1 Å². The first-order valence-electron chi connectivity index (χ1n) is 12.4. The summed E-state index contributed by atoms with van der Waals surface area (Å²) < 4.78 is 26.6. The molecule has 3 aromatic rings. The van der Waals surface area contributed by atoms with Crippen LogP contribution in [-0.2, 0) is 32.6 Å². The molecule has 0 bridgehead atoms. The molecule has 0 spiro atoms. The van der Waals surface area contributed by atoms with Gasteiger partial charge in [0.15, 0.2) is 0 Å². The standard InChI is InChI=1S/C29H33Cl2N3O4S/c1-29(2,3)32-28(36)26(17-21-11-7-5-8-12-21)33(19-22-13-9-6-10-14-22)27(35)20-34(39(4,37)38)25-16-15-23(30)18-24(25)31/h5-16,18,26H,17,19-20H2,1-4H3,(H,32,36). The Morgan fingerprint density at radius 3 is 1.97 bits per heavy atom. The van der Waals surface area contributed by atoms with Crippen molar-refractivity contribution in [3.05, 3.63) is 100 Å². The van der Waals surface area contributed by atoms with E-state index in [-0.39, 0.29) is 29.6 Å². The Bertz CT molecular complexity index is 1400. The maximum absolute atomic E-state index is 14.0. The van der Waals surface area contributed by atoms with Crippen LogP contribution in [0.15, 0.2) is 78.9 Å². The number of carbonyl (C=O) groups is 2. The normalized spacial score (nSPS) is 12.5. The first-order valence-corrected chi connectivity index (χ1v) is 15.0. The van der Waals surface area contributed by atoms with Gasteiger partial charge in [-0.05, 0) is 50.1 Å². The number of hydrogen-bond acceptors (Lipinski definition) is 4. The Balaban J connectivity index is 2.07. The van der Waals surface area contributed by atoms with E-state index in [0.29, 0.717) is 5.02 Å². The number of halogens is 2. The molecule has 10 heteroatoms. The molecule has 208 valence electrons. The molecule has 1 N–H and O–H groups in total. The Hall–Kier alpha value is -3.07. The second kappa shape index (κ2) is 12.9. The minimum atomic E-state index is -3.93. The topological polar surface area (TPSA) is 86.8 Å². The number of sulfonamides is 1. The molecule has 0 saturated heterocycles. The predicted octanol–water partition coefficient (Wildman–Crippen LogP) is 5.31. The molecule has 0 saturated carbocycles. The van der Waals surface area contributed by atoms with E-state index in [1.54, 1.807) is 0 Å². The molecule has 39 heavy (non-hydrogen) atoms. The molecular weight excluding hydrogens is 557 g/mol. The lowest BCUT2D eigenvalue weighted by Gasteiger charge is -2.35. The molecule has 0 heterocycles. The molecule has 0 aliphatic heterocycles. The molecule has 0 radical (unpaired) electrons. The molecule has 3 rings (SSSR count). The van der Waals surface area contributed by atoms with Gasteiger partial charge in [-0.25, -0.2) is 8.42 Å². The minimum absolute atomic E-state index is 0.0849. The second-order valence-corrected chi connectivity index (χ2v) is 13.1. The third-order valence-corrected chi connectivity index (χ3v) is 7.49. The summed E-state index contributed by atoms with van der Waals surface area (Å²) in [7, 11) is -3.93. The highest BCUT2D eigenvalue weighted by Crippen LogP contribution is 2.30. The fourth-order valence-corrected chi connectivity index (χ4v) is 5.49. The van der Waals surface area contributed by atoms with Crippen LogP contribution in [0.3, 0.4) is 0 Å². The van der Waals surface area contributed by atoms with Gasteiger partial charge >= 0.3 is 0 Å². The smallest absolute Gasteiger partial charge is 0.244 e.